The molecule has 0 aromatic carbocycles. The van der Waals surface area contributed by atoms with Crippen molar-refractivity contribution in [1.82, 2.24) is 20.0 Å². The zero-order valence-electron chi connectivity index (χ0n) is 13.6. The molecular formula is C17H30N4. The largest absolute Gasteiger partial charge is 0.314 e. The van der Waals surface area contributed by atoms with Crippen molar-refractivity contribution in [1.29, 1.82) is 0 Å². The number of aromatic nitrogens is 2. The van der Waals surface area contributed by atoms with E-state index in [4.69, 9.17) is 0 Å². The molecule has 2 saturated heterocycles. The maximum absolute atomic E-state index is 4.43. The summed E-state index contributed by atoms with van der Waals surface area (Å²) < 4.78 is 2.10. The molecule has 2 bridgehead atoms. The first-order valence-electron chi connectivity index (χ1n) is 8.74. The SMILES string of the molecule is CCCNC1CC2CCCC(C1)N2CCn1cc(C)cn1. The highest BCUT2D eigenvalue weighted by atomic mass is 15.3. The van der Waals surface area contributed by atoms with Crippen molar-refractivity contribution in [2.75, 3.05) is 13.1 Å². The van der Waals surface area contributed by atoms with Gasteiger partial charge in [-0.1, -0.05) is 13.3 Å². The summed E-state index contributed by atoms with van der Waals surface area (Å²) >= 11 is 0. The van der Waals surface area contributed by atoms with E-state index in [1.54, 1.807) is 0 Å². The Balaban J connectivity index is 1.56. The lowest BCUT2D eigenvalue weighted by Gasteiger charge is -2.49. The molecule has 1 N–H and O–H groups in total. The van der Waals surface area contributed by atoms with Gasteiger partial charge in [0.1, 0.15) is 0 Å². The van der Waals surface area contributed by atoms with E-state index >= 15 is 0 Å². The summed E-state index contributed by atoms with van der Waals surface area (Å²) in [6.07, 6.45) is 12.2. The van der Waals surface area contributed by atoms with E-state index in [0.29, 0.717) is 0 Å². The Bertz CT molecular complexity index is 428. The number of rotatable bonds is 6. The van der Waals surface area contributed by atoms with Crippen LogP contribution >= 0.6 is 0 Å². The Morgan fingerprint density at radius 3 is 2.62 bits per heavy atom. The van der Waals surface area contributed by atoms with Gasteiger partial charge in [-0.3, -0.25) is 9.58 Å². The quantitative estimate of drug-likeness (QED) is 0.874. The van der Waals surface area contributed by atoms with Crippen LogP contribution in [-0.4, -0.2) is 45.9 Å². The highest BCUT2D eigenvalue weighted by Gasteiger charge is 2.37. The fourth-order valence-corrected chi connectivity index (χ4v) is 4.17. The number of nitrogens with one attached hydrogen (secondary N) is 1. The van der Waals surface area contributed by atoms with Gasteiger partial charge in [-0.15, -0.1) is 0 Å². The predicted molar refractivity (Wildman–Crippen MR) is 86.4 cm³/mol. The average Bonchev–Trinajstić information content (AvgIpc) is 2.88. The van der Waals surface area contributed by atoms with E-state index in [2.05, 4.69) is 40.0 Å². The van der Waals surface area contributed by atoms with Crippen molar-refractivity contribution < 1.29 is 0 Å². The number of hydrogen-bond acceptors (Lipinski definition) is 3. The molecule has 3 rings (SSSR count). The van der Waals surface area contributed by atoms with Crippen LogP contribution in [0.3, 0.4) is 0 Å². The molecule has 21 heavy (non-hydrogen) atoms. The Hall–Kier alpha value is -0.870. The minimum atomic E-state index is 0.753. The van der Waals surface area contributed by atoms with Crippen molar-refractivity contribution in [3.8, 4) is 0 Å². The molecule has 4 heteroatoms. The van der Waals surface area contributed by atoms with Gasteiger partial charge in [0.2, 0.25) is 0 Å². The van der Waals surface area contributed by atoms with Gasteiger partial charge in [0.25, 0.3) is 0 Å². The molecule has 1 aromatic rings. The molecule has 0 radical (unpaired) electrons. The predicted octanol–water partition coefficient (Wildman–Crippen LogP) is 2.58. The third-order valence-electron chi connectivity index (χ3n) is 5.16. The summed E-state index contributed by atoms with van der Waals surface area (Å²) in [5.41, 5.74) is 1.26. The van der Waals surface area contributed by atoms with E-state index in [1.807, 2.05) is 6.20 Å². The highest BCUT2D eigenvalue weighted by Crippen LogP contribution is 2.33. The van der Waals surface area contributed by atoms with Crippen LogP contribution < -0.4 is 5.32 Å². The normalized spacial score (nSPS) is 29.7. The van der Waals surface area contributed by atoms with Crippen molar-refractivity contribution in [2.45, 2.75) is 77.0 Å². The van der Waals surface area contributed by atoms with Gasteiger partial charge in [0.15, 0.2) is 0 Å². The lowest BCUT2D eigenvalue weighted by atomic mass is 9.81. The summed E-state index contributed by atoms with van der Waals surface area (Å²) in [4.78, 5) is 2.78. The molecule has 0 saturated carbocycles. The monoisotopic (exact) mass is 290 g/mol. The standard InChI is InChI=1S/C17H30N4/c1-3-7-18-15-10-16-5-4-6-17(11-15)21(16)9-8-20-13-14(2)12-19-20/h12-13,15-18H,3-11H2,1-2H3. The second kappa shape index (κ2) is 6.93. The molecule has 3 heterocycles. The second-order valence-corrected chi connectivity index (χ2v) is 6.88. The van der Waals surface area contributed by atoms with E-state index in [0.717, 1.165) is 31.2 Å². The van der Waals surface area contributed by atoms with Crippen LogP contribution in [0.15, 0.2) is 12.4 Å². The minimum absolute atomic E-state index is 0.753. The first-order chi connectivity index (χ1) is 10.3. The average molecular weight is 290 g/mol. The van der Waals surface area contributed by atoms with Crippen LogP contribution in [0.2, 0.25) is 0 Å². The van der Waals surface area contributed by atoms with Gasteiger partial charge in [-0.2, -0.15) is 5.10 Å². The van der Waals surface area contributed by atoms with Crippen LogP contribution in [0.5, 0.6) is 0 Å². The molecule has 0 amide bonds. The van der Waals surface area contributed by atoms with E-state index in [-0.39, 0.29) is 0 Å². The van der Waals surface area contributed by atoms with Crippen LogP contribution in [0, 0.1) is 6.92 Å². The molecule has 2 unspecified atom stereocenters. The van der Waals surface area contributed by atoms with Crippen molar-refractivity contribution in [3.05, 3.63) is 18.0 Å². The molecule has 2 aliphatic heterocycles. The molecular weight excluding hydrogens is 260 g/mol. The molecule has 1 aromatic heterocycles. The number of piperidine rings is 2. The van der Waals surface area contributed by atoms with Crippen LogP contribution in [0.1, 0.15) is 51.0 Å². The summed E-state index contributed by atoms with van der Waals surface area (Å²) in [7, 11) is 0. The lowest BCUT2D eigenvalue weighted by molar-refractivity contribution is 0.0213. The van der Waals surface area contributed by atoms with E-state index < -0.39 is 0 Å². The summed E-state index contributed by atoms with van der Waals surface area (Å²) in [5.74, 6) is 0. The highest BCUT2D eigenvalue weighted by molar-refractivity contribution is 5.00. The van der Waals surface area contributed by atoms with Gasteiger partial charge in [-0.25, -0.2) is 0 Å². The smallest absolute Gasteiger partial charge is 0.0536 e. The first kappa shape index (κ1) is 15.0. The molecule has 2 atom stereocenters. The van der Waals surface area contributed by atoms with Gasteiger partial charge in [0.05, 0.1) is 12.7 Å². The summed E-state index contributed by atoms with van der Waals surface area (Å²) in [6.45, 7) is 7.75. The zero-order valence-corrected chi connectivity index (χ0v) is 13.6. The Kier molecular flexibility index (Phi) is 4.96. The Morgan fingerprint density at radius 1 is 1.24 bits per heavy atom. The van der Waals surface area contributed by atoms with E-state index in [1.165, 1.54) is 50.6 Å². The number of aryl methyl sites for hydroxylation is 1. The maximum atomic E-state index is 4.43. The van der Waals surface area contributed by atoms with Crippen LogP contribution in [-0.2, 0) is 6.54 Å². The number of hydrogen-bond donors (Lipinski definition) is 1. The Labute approximate surface area is 128 Å². The summed E-state index contributed by atoms with van der Waals surface area (Å²) in [6, 6.07) is 2.34. The van der Waals surface area contributed by atoms with E-state index in [9.17, 15) is 0 Å². The fourth-order valence-electron chi connectivity index (χ4n) is 4.17. The second-order valence-electron chi connectivity index (χ2n) is 6.88. The number of nitrogens with zero attached hydrogens (tertiary/aromatic N) is 3. The molecule has 2 aliphatic rings. The van der Waals surface area contributed by atoms with Gasteiger partial charge in [0, 0.05) is 30.9 Å². The maximum Gasteiger partial charge on any atom is 0.0536 e. The van der Waals surface area contributed by atoms with Crippen LogP contribution in [0.25, 0.3) is 0 Å². The third-order valence-corrected chi connectivity index (χ3v) is 5.16. The summed E-state index contributed by atoms with van der Waals surface area (Å²) in [5, 5.41) is 8.18. The lowest BCUT2D eigenvalue weighted by Crippen LogP contribution is -2.56. The minimum Gasteiger partial charge on any atom is -0.314 e. The van der Waals surface area contributed by atoms with Gasteiger partial charge < -0.3 is 5.32 Å². The molecule has 118 valence electrons. The molecule has 0 aliphatic carbocycles. The molecule has 2 fully saturated rings. The molecule has 4 nitrogen and oxygen atoms in total. The molecule has 0 spiro atoms. The fraction of sp³-hybridized carbons (Fsp3) is 0.824. The van der Waals surface area contributed by atoms with Crippen molar-refractivity contribution in [3.63, 3.8) is 0 Å². The zero-order chi connectivity index (χ0) is 14.7. The first-order valence-corrected chi connectivity index (χ1v) is 8.74. The number of fused-ring (bicyclic) bond motifs is 2. The van der Waals surface area contributed by atoms with Gasteiger partial charge in [-0.05, 0) is 51.1 Å². The van der Waals surface area contributed by atoms with Crippen LogP contribution in [0.4, 0.5) is 0 Å². The Morgan fingerprint density at radius 2 is 2.00 bits per heavy atom. The van der Waals surface area contributed by atoms with Crippen molar-refractivity contribution >= 4 is 0 Å². The van der Waals surface area contributed by atoms with Gasteiger partial charge >= 0.3 is 0 Å². The third kappa shape index (κ3) is 3.67. The van der Waals surface area contributed by atoms with Crippen molar-refractivity contribution in [2.24, 2.45) is 0 Å². The topological polar surface area (TPSA) is 33.1 Å².